The SMILES string of the molecule is O=C(O)CCSc1n[nH]c(=S)c2nc[nH]c12. The second kappa shape index (κ2) is 4.62. The van der Waals surface area contributed by atoms with E-state index in [4.69, 9.17) is 17.3 Å². The molecule has 3 N–H and O–H groups in total. The summed E-state index contributed by atoms with van der Waals surface area (Å²) in [5.74, 6) is -0.363. The molecule has 0 saturated carbocycles. The van der Waals surface area contributed by atoms with E-state index in [1.165, 1.54) is 18.1 Å². The number of thioether (sulfide) groups is 1. The van der Waals surface area contributed by atoms with Crippen molar-refractivity contribution in [2.75, 3.05) is 5.75 Å². The van der Waals surface area contributed by atoms with E-state index >= 15 is 0 Å². The number of aromatic nitrogens is 4. The van der Waals surface area contributed by atoms with Crippen molar-refractivity contribution in [3.05, 3.63) is 11.0 Å². The summed E-state index contributed by atoms with van der Waals surface area (Å²) in [6.45, 7) is 0. The normalized spacial score (nSPS) is 10.8. The Morgan fingerprint density at radius 3 is 3.19 bits per heavy atom. The summed E-state index contributed by atoms with van der Waals surface area (Å²) in [6.07, 6.45) is 1.63. The fraction of sp³-hybridized carbons (Fsp3) is 0.250. The van der Waals surface area contributed by atoms with Gasteiger partial charge in [-0.3, -0.25) is 9.89 Å². The Hall–Kier alpha value is -1.41. The number of carbonyl (C=O) groups is 1. The third kappa shape index (κ3) is 2.22. The zero-order chi connectivity index (χ0) is 11.5. The van der Waals surface area contributed by atoms with Crippen molar-refractivity contribution >= 4 is 41.0 Å². The van der Waals surface area contributed by atoms with E-state index in [1.807, 2.05) is 0 Å². The molecule has 2 aromatic heterocycles. The highest BCUT2D eigenvalue weighted by Crippen LogP contribution is 2.23. The van der Waals surface area contributed by atoms with Gasteiger partial charge in [-0.15, -0.1) is 11.8 Å². The van der Waals surface area contributed by atoms with Crippen LogP contribution in [0, 0.1) is 4.64 Å². The molecule has 0 bridgehead atoms. The third-order valence-corrected chi connectivity index (χ3v) is 3.14. The standard InChI is InChI=1S/C8H8N4O2S2/c13-4(14)1-2-16-8-6-5(9-3-10-6)7(15)11-12-8/h3H,1-2H2,(H,9,10)(H,11,15)(H,13,14). The molecular formula is C8H8N4O2S2. The average Bonchev–Trinajstić information content (AvgIpc) is 2.70. The summed E-state index contributed by atoms with van der Waals surface area (Å²) >= 11 is 6.37. The van der Waals surface area contributed by atoms with Crippen molar-refractivity contribution in [3.8, 4) is 0 Å². The lowest BCUT2D eigenvalue weighted by Crippen LogP contribution is -1.97. The van der Waals surface area contributed by atoms with Gasteiger partial charge in [-0.05, 0) is 0 Å². The average molecular weight is 256 g/mol. The smallest absolute Gasteiger partial charge is 0.304 e. The number of hydrogen-bond acceptors (Lipinski definition) is 5. The van der Waals surface area contributed by atoms with Gasteiger partial charge >= 0.3 is 5.97 Å². The van der Waals surface area contributed by atoms with Crippen molar-refractivity contribution in [1.82, 2.24) is 20.2 Å². The highest BCUT2D eigenvalue weighted by Gasteiger charge is 2.08. The molecule has 0 aliphatic carbocycles. The van der Waals surface area contributed by atoms with Gasteiger partial charge in [0, 0.05) is 5.75 Å². The molecule has 0 amide bonds. The fourth-order valence-corrected chi connectivity index (χ4v) is 2.26. The zero-order valence-electron chi connectivity index (χ0n) is 8.06. The van der Waals surface area contributed by atoms with Crippen LogP contribution in [0.3, 0.4) is 0 Å². The Balaban J connectivity index is 2.24. The molecule has 0 atom stereocenters. The Labute approximate surface area is 99.5 Å². The number of carboxylic acids is 1. The van der Waals surface area contributed by atoms with Gasteiger partial charge in [0.25, 0.3) is 0 Å². The van der Waals surface area contributed by atoms with Crippen LogP contribution in [0.2, 0.25) is 0 Å². The molecule has 0 aromatic carbocycles. The van der Waals surface area contributed by atoms with Crippen LogP contribution in [0.15, 0.2) is 11.4 Å². The summed E-state index contributed by atoms with van der Waals surface area (Å²) in [5.41, 5.74) is 1.40. The zero-order valence-corrected chi connectivity index (χ0v) is 9.69. The molecule has 2 rings (SSSR count). The molecule has 0 saturated heterocycles. The maximum Gasteiger partial charge on any atom is 0.304 e. The molecule has 2 aromatic rings. The minimum Gasteiger partial charge on any atom is -0.481 e. The first-order valence-electron chi connectivity index (χ1n) is 4.45. The molecule has 16 heavy (non-hydrogen) atoms. The first-order chi connectivity index (χ1) is 7.68. The van der Waals surface area contributed by atoms with Crippen LogP contribution in [-0.4, -0.2) is 37.0 Å². The molecule has 84 valence electrons. The summed E-state index contributed by atoms with van der Waals surface area (Å²) < 4.78 is 0.471. The quantitative estimate of drug-likeness (QED) is 0.568. The van der Waals surface area contributed by atoms with Crippen LogP contribution < -0.4 is 0 Å². The molecule has 0 aliphatic rings. The number of imidazole rings is 1. The number of nitrogens with zero attached hydrogens (tertiary/aromatic N) is 2. The van der Waals surface area contributed by atoms with Crippen molar-refractivity contribution in [1.29, 1.82) is 0 Å². The van der Waals surface area contributed by atoms with Gasteiger partial charge in [0.1, 0.15) is 20.7 Å². The van der Waals surface area contributed by atoms with E-state index < -0.39 is 5.97 Å². The Kier molecular flexibility index (Phi) is 3.20. The topological polar surface area (TPSA) is 94.7 Å². The lowest BCUT2D eigenvalue weighted by molar-refractivity contribution is -0.136. The molecule has 0 radical (unpaired) electrons. The fourth-order valence-electron chi connectivity index (χ4n) is 1.18. The van der Waals surface area contributed by atoms with Crippen LogP contribution in [0.4, 0.5) is 0 Å². The molecule has 0 aliphatic heterocycles. The molecule has 2 heterocycles. The van der Waals surface area contributed by atoms with E-state index in [9.17, 15) is 4.79 Å². The van der Waals surface area contributed by atoms with E-state index in [1.54, 1.807) is 0 Å². The van der Waals surface area contributed by atoms with Gasteiger partial charge in [0.15, 0.2) is 0 Å². The van der Waals surface area contributed by atoms with Gasteiger partial charge in [0.2, 0.25) is 0 Å². The van der Waals surface area contributed by atoms with Gasteiger partial charge in [-0.2, -0.15) is 5.10 Å². The van der Waals surface area contributed by atoms with Crippen LogP contribution in [0.1, 0.15) is 6.42 Å². The molecule has 6 nitrogen and oxygen atoms in total. The highest BCUT2D eigenvalue weighted by atomic mass is 32.2. The van der Waals surface area contributed by atoms with Crippen molar-refractivity contribution in [2.45, 2.75) is 11.4 Å². The number of fused-ring (bicyclic) bond motifs is 1. The van der Waals surface area contributed by atoms with Crippen molar-refractivity contribution in [2.24, 2.45) is 0 Å². The number of aromatic amines is 2. The maximum atomic E-state index is 10.4. The molecular weight excluding hydrogens is 248 g/mol. The number of nitrogens with one attached hydrogen (secondary N) is 2. The number of hydrogen-bond donors (Lipinski definition) is 3. The Bertz CT molecular complexity index is 577. The number of aliphatic carboxylic acids is 1. The molecule has 8 heteroatoms. The monoisotopic (exact) mass is 256 g/mol. The first-order valence-corrected chi connectivity index (χ1v) is 5.84. The molecule has 0 spiro atoms. The largest absolute Gasteiger partial charge is 0.481 e. The van der Waals surface area contributed by atoms with Crippen molar-refractivity contribution in [3.63, 3.8) is 0 Å². The third-order valence-electron chi connectivity index (χ3n) is 1.88. The first kappa shape index (κ1) is 11.1. The minimum atomic E-state index is -0.822. The summed E-state index contributed by atoms with van der Waals surface area (Å²) in [5, 5.41) is 15.9. The van der Waals surface area contributed by atoms with E-state index in [2.05, 4.69) is 20.2 Å². The lowest BCUT2D eigenvalue weighted by Gasteiger charge is -1.99. The summed E-state index contributed by atoms with van der Waals surface area (Å²) in [4.78, 5) is 17.4. The predicted molar refractivity (Wildman–Crippen MR) is 62.1 cm³/mol. The molecule has 0 unspecified atom stereocenters. The minimum absolute atomic E-state index is 0.0948. The van der Waals surface area contributed by atoms with E-state index in [0.29, 0.717) is 20.9 Å². The maximum absolute atomic E-state index is 10.4. The predicted octanol–water partition coefficient (Wildman–Crippen LogP) is 1.58. The summed E-state index contributed by atoms with van der Waals surface area (Å²) in [7, 11) is 0. The number of rotatable bonds is 4. The van der Waals surface area contributed by atoms with Crippen LogP contribution >= 0.6 is 24.0 Å². The lowest BCUT2D eigenvalue weighted by atomic mass is 10.5. The molecule has 0 fully saturated rings. The second-order valence-electron chi connectivity index (χ2n) is 2.98. The van der Waals surface area contributed by atoms with Crippen LogP contribution in [0.5, 0.6) is 0 Å². The van der Waals surface area contributed by atoms with Crippen molar-refractivity contribution < 1.29 is 9.90 Å². The van der Waals surface area contributed by atoms with Crippen LogP contribution in [0.25, 0.3) is 11.0 Å². The highest BCUT2D eigenvalue weighted by molar-refractivity contribution is 7.99. The van der Waals surface area contributed by atoms with E-state index in [-0.39, 0.29) is 6.42 Å². The van der Waals surface area contributed by atoms with E-state index in [0.717, 1.165) is 5.52 Å². The van der Waals surface area contributed by atoms with Gasteiger partial charge in [-0.1, -0.05) is 12.2 Å². The summed E-state index contributed by atoms with van der Waals surface area (Å²) in [6, 6.07) is 0. The second-order valence-corrected chi connectivity index (χ2v) is 4.47. The Morgan fingerprint density at radius 2 is 2.44 bits per heavy atom. The van der Waals surface area contributed by atoms with Gasteiger partial charge < -0.3 is 10.1 Å². The van der Waals surface area contributed by atoms with Gasteiger partial charge in [-0.25, -0.2) is 4.98 Å². The van der Waals surface area contributed by atoms with Gasteiger partial charge in [0.05, 0.1) is 12.7 Å². The number of H-pyrrole nitrogens is 2. The van der Waals surface area contributed by atoms with Crippen LogP contribution in [-0.2, 0) is 4.79 Å². The Morgan fingerprint density at radius 1 is 1.62 bits per heavy atom. The number of carboxylic acid groups (broad SMARTS) is 1.